The maximum atomic E-state index is 13.5. The molecule has 2 aromatic carbocycles. The Morgan fingerprint density at radius 3 is 2.32 bits per heavy atom. The Morgan fingerprint density at radius 2 is 1.68 bits per heavy atom. The average Bonchev–Trinajstić information content (AvgIpc) is 2.86. The zero-order valence-corrected chi connectivity index (χ0v) is 13.9. The molecule has 0 aliphatic carbocycles. The third-order valence-corrected chi connectivity index (χ3v) is 4.09. The van der Waals surface area contributed by atoms with Gasteiger partial charge in [0.25, 0.3) is 0 Å². The lowest BCUT2D eigenvalue weighted by Crippen LogP contribution is -1.99. The Morgan fingerprint density at radius 1 is 1.00 bits per heavy atom. The average molecular weight is 334 g/mol. The zero-order chi connectivity index (χ0) is 18.0. The quantitative estimate of drug-likeness (QED) is 0.587. The predicted octanol–water partition coefficient (Wildman–Crippen LogP) is 5.44. The number of allylic oxidation sites excluding steroid dienone is 1. The summed E-state index contributed by atoms with van der Waals surface area (Å²) in [4.78, 5) is 0. The SMILES string of the molecule is Cc1cc(/C=C(/C#N)c2cccc(F)c2)c(C)n1-c1cccc(F)c1. The van der Waals surface area contributed by atoms with Gasteiger partial charge in [0.1, 0.15) is 11.6 Å². The zero-order valence-electron chi connectivity index (χ0n) is 13.9. The molecule has 0 N–H and O–H groups in total. The lowest BCUT2D eigenvalue weighted by atomic mass is 10.0. The Hall–Kier alpha value is -3.19. The fraction of sp³-hybridized carbons (Fsp3) is 0.0952. The van der Waals surface area contributed by atoms with Crippen molar-refractivity contribution in [1.29, 1.82) is 5.26 Å². The van der Waals surface area contributed by atoms with E-state index >= 15 is 0 Å². The van der Waals surface area contributed by atoms with Crippen molar-refractivity contribution >= 4 is 11.6 Å². The highest BCUT2D eigenvalue weighted by Crippen LogP contribution is 2.25. The number of aryl methyl sites for hydroxylation is 1. The van der Waals surface area contributed by atoms with Crippen molar-refractivity contribution in [2.24, 2.45) is 0 Å². The van der Waals surface area contributed by atoms with Gasteiger partial charge in [0.15, 0.2) is 0 Å². The van der Waals surface area contributed by atoms with Crippen LogP contribution in [0.5, 0.6) is 0 Å². The Kier molecular flexibility index (Phi) is 4.49. The minimum absolute atomic E-state index is 0.306. The summed E-state index contributed by atoms with van der Waals surface area (Å²) in [7, 11) is 0. The minimum atomic E-state index is -0.385. The first-order valence-electron chi connectivity index (χ1n) is 7.82. The highest BCUT2D eigenvalue weighted by molar-refractivity contribution is 5.90. The van der Waals surface area contributed by atoms with Crippen LogP contribution in [0.2, 0.25) is 0 Å². The molecule has 0 fully saturated rings. The van der Waals surface area contributed by atoms with Gasteiger partial charge in [0.05, 0.1) is 11.6 Å². The number of hydrogen-bond donors (Lipinski definition) is 0. The summed E-state index contributed by atoms with van der Waals surface area (Å²) in [5.74, 6) is -0.691. The number of rotatable bonds is 3. The molecule has 0 unspecified atom stereocenters. The van der Waals surface area contributed by atoms with E-state index in [1.165, 1.54) is 24.3 Å². The van der Waals surface area contributed by atoms with E-state index in [-0.39, 0.29) is 11.6 Å². The van der Waals surface area contributed by atoms with E-state index in [0.717, 1.165) is 22.6 Å². The van der Waals surface area contributed by atoms with Crippen molar-refractivity contribution in [2.75, 3.05) is 0 Å². The molecule has 0 spiro atoms. The standard InChI is InChI=1S/C21H16F2N2/c1-14-9-17(10-18(13-24)16-5-3-6-19(22)11-16)15(2)25(14)21-8-4-7-20(23)12-21/h3-12H,1-2H3/b18-10-. The van der Waals surface area contributed by atoms with Gasteiger partial charge >= 0.3 is 0 Å². The Bertz CT molecular complexity index is 1010. The number of hydrogen-bond acceptors (Lipinski definition) is 1. The molecule has 1 heterocycles. The molecule has 2 nitrogen and oxygen atoms in total. The molecule has 25 heavy (non-hydrogen) atoms. The van der Waals surface area contributed by atoms with Crippen LogP contribution in [0.1, 0.15) is 22.5 Å². The summed E-state index contributed by atoms with van der Waals surface area (Å²) >= 11 is 0. The molecular formula is C21H16F2N2. The molecule has 124 valence electrons. The van der Waals surface area contributed by atoms with Gasteiger partial charge in [-0.1, -0.05) is 18.2 Å². The second-order valence-corrected chi connectivity index (χ2v) is 5.82. The van der Waals surface area contributed by atoms with Gasteiger partial charge in [0, 0.05) is 17.1 Å². The largest absolute Gasteiger partial charge is 0.318 e. The van der Waals surface area contributed by atoms with Gasteiger partial charge in [-0.3, -0.25) is 0 Å². The monoisotopic (exact) mass is 334 g/mol. The Labute approximate surface area is 145 Å². The van der Waals surface area contributed by atoms with E-state index in [2.05, 4.69) is 6.07 Å². The van der Waals surface area contributed by atoms with Crippen molar-refractivity contribution < 1.29 is 8.78 Å². The van der Waals surface area contributed by atoms with Gasteiger partial charge in [-0.05, 0) is 67.4 Å². The minimum Gasteiger partial charge on any atom is -0.318 e. The van der Waals surface area contributed by atoms with Crippen LogP contribution in [0.4, 0.5) is 8.78 Å². The first-order chi connectivity index (χ1) is 12.0. The van der Waals surface area contributed by atoms with Crippen LogP contribution in [0.15, 0.2) is 54.6 Å². The van der Waals surface area contributed by atoms with Crippen LogP contribution < -0.4 is 0 Å². The summed E-state index contributed by atoms with van der Waals surface area (Å²) in [5.41, 5.74) is 4.26. The molecule has 0 saturated heterocycles. The van der Waals surface area contributed by atoms with Crippen molar-refractivity contribution in [2.45, 2.75) is 13.8 Å². The number of nitrogens with zero attached hydrogens (tertiary/aromatic N) is 2. The highest BCUT2D eigenvalue weighted by Gasteiger charge is 2.11. The molecule has 0 aliphatic rings. The number of benzene rings is 2. The fourth-order valence-electron chi connectivity index (χ4n) is 2.94. The molecule has 0 amide bonds. The molecule has 4 heteroatoms. The summed E-state index contributed by atoms with van der Waals surface area (Å²) in [6.07, 6.45) is 1.73. The molecule has 0 atom stereocenters. The third kappa shape index (κ3) is 3.36. The molecule has 3 aromatic rings. The van der Waals surface area contributed by atoms with Gasteiger partial charge in [0.2, 0.25) is 0 Å². The van der Waals surface area contributed by atoms with Crippen LogP contribution in [-0.2, 0) is 0 Å². The highest BCUT2D eigenvalue weighted by atomic mass is 19.1. The van der Waals surface area contributed by atoms with Crippen molar-refractivity contribution in [1.82, 2.24) is 4.57 Å². The lowest BCUT2D eigenvalue weighted by molar-refractivity contribution is 0.626. The second-order valence-electron chi connectivity index (χ2n) is 5.82. The number of aromatic nitrogens is 1. The molecular weight excluding hydrogens is 318 g/mol. The van der Waals surface area contributed by atoms with Crippen LogP contribution in [0, 0.1) is 36.8 Å². The van der Waals surface area contributed by atoms with Crippen LogP contribution >= 0.6 is 0 Å². The van der Waals surface area contributed by atoms with Gasteiger partial charge in [-0.25, -0.2) is 8.78 Å². The maximum Gasteiger partial charge on any atom is 0.125 e. The van der Waals surface area contributed by atoms with E-state index in [1.807, 2.05) is 30.5 Å². The molecule has 0 saturated carbocycles. The fourth-order valence-corrected chi connectivity index (χ4v) is 2.94. The first-order valence-corrected chi connectivity index (χ1v) is 7.82. The van der Waals surface area contributed by atoms with Crippen LogP contribution in [-0.4, -0.2) is 4.57 Å². The molecule has 0 bridgehead atoms. The topological polar surface area (TPSA) is 28.7 Å². The molecule has 0 aliphatic heterocycles. The maximum absolute atomic E-state index is 13.5. The first kappa shape index (κ1) is 16.7. The molecule has 0 radical (unpaired) electrons. The number of halogens is 2. The molecule has 3 rings (SSSR count). The smallest absolute Gasteiger partial charge is 0.125 e. The van der Waals surface area contributed by atoms with Gasteiger partial charge in [-0.15, -0.1) is 0 Å². The summed E-state index contributed by atoms with van der Waals surface area (Å²) in [5, 5.41) is 9.45. The molecule has 1 aromatic heterocycles. The van der Waals surface area contributed by atoms with E-state index in [9.17, 15) is 14.0 Å². The summed E-state index contributed by atoms with van der Waals surface area (Å²) in [6.45, 7) is 3.83. The normalized spacial score (nSPS) is 11.4. The summed E-state index contributed by atoms with van der Waals surface area (Å²) < 4.78 is 28.9. The third-order valence-electron chi connectivity index (χ3n) is 4.09. The van der Waals surface area contributed by atoms with Gasteiger partial charge in [-0.2, -0.15) is 5.26 Å². The Balaban J connectivity index is 2.10. The second kappa shape index (κ2) is 6.74. The van der Waals surface area contributed by atoms with E-state index in [0.29, 0.717) is 11.1 Å². The lowest BCUT2D eigenvalue weighted by Gasteiger charge is -2.09. The van der Waals surface area contributed by atoms with Crippen LogP contribution in [0.25, 0.3) is 17.3 Å². The van der Waals surface area contributed by atoms with Crippen molar-refractivity contribution in [3.63, 3.8) is 0 Å². The van der Waals surface area contributed by atoms with Crippen LogP contribution in [0.3, 0.4) is 0 Å². The van der Waals surface area contributed by atoms with Crippen molar-refractivity contribution in [3.8, 4) is 11.8 Å². The van der Waals surface area contributed by atoms with Gasteiger partial charge < -0.3 is 4.57 Å². The number of nitriles is 1. The van der Waals surface area contributed by atoms with E-state index in [4.69, 9.17) is 0 Å². The van der Waals surface area contributed by atoms with E-state index < -0.39 is 0 Å². The van der Waals surface area contributed by atoms with E-state index in [1.54, 1.807) is 24.3 Å². The summed E-state index contributed by atoms with van der Waals surface area (Å²) in [6, 6.07) is 16.4. The van der Waals surface area contributed by atoms with Crippen molar-refractivity contribution in [3.05, 3.63) is 88.7 Å². The predicted molar refractivity (Wildman–Crippen MR) is 95.1 cm³/mol.